The molecule has 0 saturated carbocycles. The summed E-state index contributed by atoms with van der Waals surface area (Å²) in [5, 5.41) is 9.65. The zero-order chi connectivity index (χ0) is 12.3. The summed E-state index contributed by atoms with van der Waals surface area (Å²) in [6, 6.07) is -0.0939. The van der Waals surface area contributed by atoms with Crippen LogP contribution >= 0.6 is 0 Å². The number of piperidine rings is 1. The Labute approximate surface area is 97.6 Å². The number of hydrogen-bond acceptors (Lipinski definition) is 3. The Morgan fingerprint density at radius 2 is 2.06 bits per heavy atom. The average Bonchev–Trinajstić information content (AvgIpc) is 2.15. The molecule has 2 atom stereocenters. The normalized spacial score (nSPS) is 24.1. The van der Waals surface area contributed by atoms with E-state index in [0.29, 0.717) is 6.54 Å². The summed E-state index contributed by atoms with van der Waals surface area (Å²) in [6.07, 6.45) is 2.11. The number of nitrogens with zero attached hydrogens (tertiary/aromatic N) is 1. The van der Waals surface area contributed by atoms with E-state index in [1.54, 1.807) is 11.8 Å². The fourth-order valence-corrected chi connectivity index (χ4v) is 2.01. The van der Waals surface area contributed by atoms with Gasteiger partial charge in [0, 0.05) is 6.54 Å². The fourth-order valence-electron chi connectivity index (χ4n) is 2.01. The molecule has 1 saturated heterocycles. The molecule has 1 heterocycles. The third-order valence-corrected chi connectivity index (χ3v) is 2.73. The molecule has 1 N–H and O–H groups in total. The number of likely N-dealkylation sites (tertiary alicyclic amines) is 1. The largest absolute Gasteiger partial charge is 0.444 e. The monoisotopic (exact) mass is 229 g/mol. The van der Waals surface area contributed by atoms with Crippen molar-refractivity contribution in [2.45, 2.75) is 64.7 Å². The molecule has 1 rings (SSSR count). The van der Waals surface area contributed by atoms with Crippen molar-refractivity contribution in [3.8, 4) is 0 Å². The van der Waals surface area contributed by atoms with Crippen LogP contribution in [0.5, 0.6) is 0 Å². The Morgan fingerprint density at radius 3 is 2.56 bits per heavy atom. The topological polar surface area (TPSA) is 49.8 Å². The van der Waals surface area contributed by atoms with Crippen LogP contribution in [0.3, 0.4) is 0 Å². The lowest BCUT2D eigenvalue weighted by molar-refractivity contribution is -0.0125. The second-order valence-corrected chi connectivity index (χ2v) is 5.48. The summed E-state index contributed by atoms with van der Waals surface area (Å²) in [5.74, 6) is 0. The van der Waals surface area contributed by atoms with Crippen LogP contribution in [-0.2, 0) is 4.74 Å². The molecular formula is C12H23NO3. The lowest BCUT2D eigenvalue weighted by Crippen LogP contribution is -2.50. The van der Waals surface area contributed by atoms with E-state index >= 15 is 0 Å². The fraction of sp³-hybridized carbons (Fsp3) is 0.917. The van der Waals surface area contributed by atoms with E-state index in [2.05, 4.69) is 0 Å². The van der Waals surface area contributed by atoms with E-state index in [1.807, 2.05) is 20.8 Å². The van der Waals surface area contributed by atoms with Gasteiger partial charge in [-0.2, -0.15) is 0 Å². The summed E-state index contributed by atoms with van der Waals surface area (Å²) in [5.41, 5.74) is -0.474. The average molecular weight is 229 g/mol. The highest BCUT2D eigenvalue weighted by Crippen LogP contribution is 2.22. The molecule has 0 radical (unpaired) electrons. The van der Waals surface area contributed by atoms with E-state index in [9.17, 15) is 9.90 Å². The van der Waals surface area contributed by atoms with Crippen LogP contribution in [0, 0.1) is 0 Å². The number of aliphatic hydroxyl groups is 1. The quantitative estimate of drug-likeness (QED) is 0.749. The van der Waals surface area contributed by atoms with Crippen molar-refractivity contribution in [3.63, 3.8) is 0 Å². The highest BCUT2D eigenvalue weighted by molar-refractivity contribution is 5.68. The number of aliphatic hydroxyl groups excluding tert-OH is 1. The summed E-state index contributed by atoms with van der Waals surface area (Å²) >= 11 is 0. The van der Waals surface area contributed by atoms with Crippen molar-refractivity contribution in [2.75, 3.05) is 6.54 Å². The van der Waals surface area contributed by atoms with E-state index in [-0.39, 0.29) is 12.1 Å². The van der Waals surface area contributed by atoms with E-state index in [4.69, 9.17) is 4.74 Å². The van der Waals surface area contributed by atoms with Gasteiger partial charge in [0.05, 0.1) is 12.1 Å². The molecule has 4 nitrogen and oxygen atoms in total. The molecule has 1 amide bonds. The molecule has 1 aliphatic rings. The smallest absolute Gasteiger partial charge is 0.410 e. The minimum atomic E-state index is -0.493. The third kappa shape index (κ3) is 3.67. The molecule has 0 bridgehead atoms. The summed E-state index contributed by atoms with van der Waals surface area (Å²) in [7, 11) is 0. The first kappa shape index (κ1) is 13.3. The zero-order valence-corrected chi connectivity index (χ0v) is 10.7. The van der Waals surface area contributed by atoms with E-state index < -0.39 is 11.7 Å². The Bertz CT molecular complexity index is 245. The first-order valence-electron chi connectivity index (χ1n) is 5.99. The summed E-state index contributed by atoms with van der Waals surface area (Å²) < 4.78 is 5.33. The van der Waals surface area contributed by atoms with Gasteiger partial charge in [-0.25, -0.2) is 4.79 Å². The Hall–Kier alpha value is -0.770. The Kier molecular flexibility index (Phi) is 4.19. The minimum absolute atomic E-state index is 0.0939. The second kappa shape index (κ2) is 5.04. The van der Waals surface area contributed by atoms with Crippen molar-refractivity contribution in [1.29, 1.82) is 0 Å². The number of amides is 1. The standard InChI is InChI=1S/C12H23NO3/c1-9(14)10-7-5-6-8-13(10)11(15)16-12(2,3)4/h9-10,14H,5-8H2,1-4H3. The molecule has 0 spiro atoms. The van der Waals surface area contributed by atoms with Crippen molar-refractivity contribution < 1.29 is 14.6 Å². The van der Waals surface area contributed by atoms with Gasteiger partial charge in [-0.1, -0.05) is 0 Å². The van der Waals surface area contributed by atoms with Gasteiger partial charge >= 0.3 is 6.09 Å². The van der Waals surface area contributed by atoms with Gasteiger partial charge in [0.25, 0.3) is 0 Å². The maximum Gasteiger partial charge on any atom is 0.410 e. The molecule has 0 aromatic carbocycles. The number of ether oxygens (including phenoxy) is 1. The van der Waals surface area contributed by atoms with E-state index in [0.717, 1.165) is 19.3 Å². The highest BCUT2D eigenvalue weighted by Gasteiger charge is 2.32. The van der Waals surface area contributed by atoms with Crippen LogP contribution in [0.4, 0.5) is 4.79 Å². The van der Waals surface area contributed by atoms with Gasteiger partial charge in [0.1, 0.15) is 5.60 Å². The first-order chi connectivity index (χ1) is 7.31. The Morgan fingerprint density at radius 1 is 1.44 bits per heavy atom. The van der Waals surface area contributed by atoms with Crippen LogP contribution in [-0.4, -0.2) is 40.4 Å². The zero-order valence-electron chi connectivity index (χ0n) is 10.7. The molecule has 1 aliphatic heterocycles. The van der Waals surface area contributed by atoms with E-state index in [1.165, 1.54) is 0 Å². The van der Waals surface area contributed by atoms with Gasteiger partial charge in [-0.05, 0) is 47.0 Å². The van der Waals surface area contributed by atoms with Crippen LogP contribution in [0.15, 0.2) is 0 Å². The molecule has 94 valence electrons. The number of hydrogen-bond donors (Lipinski definition) is 1. The highest BCUT2D eigenvalue weighted by atomic mass is 16.6. The van der Waals surface area contributed by atoms with Gasteiger partial charge in [-0.3, -0.25) is 0 Å². The van der Waals surface area contributed by atoms with Crippen molar-refractivity contribution in [3.05, 3.63) is 0 Å². The number of carbonyl (C=O) groups is 1. The molecule has 0 aliphatic carbocycles. The van der Waals surface area contributed by atoms with Gasteiger partial charge < -0.3 is 14.7 Å². The summed E-state index contributed by atoms with van der Waals surface area (Å²) in [4.78, 5) is 13.6. The van der Waals surface area contributed by atoms with Crippen molar-refractivity contribution in [1.82, 2.24) is 4.90 Å². The maximum absolute atomic E-state index is 11.9. The lowest BCUT2D eigenvalue weighted by atomic mass is 9.99. The molecule has 2 unspecified atom stereocenters. The van der Waals surface area contributed by atoms with Crippen LogP contribution < -0.4 is 0 Å². The molecule has 0 aromatic rings. The minimum Gasteiger partial charge on any atom is -0.444 e. The van der Waals surface area contributed by atoms with Crippen LogP contribution in [0.1, 0.15) is 47.0 Å². The van der Waals surface area contributed by atoms with Gasteiger partial charge in [-0.15, -0.1) is 0 Å². The molecule has 4 heteroatoms. The van der Waals surface area contributed by atoms with Crippen LogP contribution in [0.25, 0.3) is 0 Å². The third-order valence-electron chi connectivity index (χ3n) is 2.73. The number of carbonyl (C=O) groups excluding carboxylic acids is 1. The van der Waals surface area contributed by atoms with Crippen molar-refractivity contribution in [2.24, 2.45) is 0 Å². The van der Waals surface area contributed by atoms with Crippen LogP contribution in [0.2, 0.25) is 0 Å². The molecule has 1 fully saturated rings. The Balaban J connectivity index is 2.64. The van der Waals surface area contributed by atoms with Gasteiger partial charge in [0.2, 0.25) is 0 Å². The van der Waals surface area contributed by atoms with Gasteiger partial charge in [0.15, 0.2) is 0 Å². The predicted molar refractivity (Wildman–Crippen MR) is 62.3 cm³/mol. The second-order valence-electron chi connectivity index (χ2n) is 5.48. The number of rotatable bonds is 1. The molecule has 0 aromatic heterocycles. The maximum atomic E-state index is 11.9. The SMILES string of the molecule is CC(O)C1CCCCN1C(=O)OC(C)(C)C. The molecule has 16 heavy (non-hydrogen) atoms. The lowest BCUT2D eigenvalue weighted by Gasteiger charge is -2.38. The predicted octanol–water partition coefficient (Wildman–Crippen LogP) is 2.16. The first-order valence-corrected chi connectivity index (χ1v) is 5.99. The summed E-state index contributed by atoms with van der Waals surface area (Å²) in [6.45, 7) is 7.97. The van der Waals surface area contributed by atoms with Crippen molar-refractivity contribution >= 4 is 6.09 Å². The molecular weight excluding hydrogens is 206 g/mol.